The maximum atomic E-state index is 11.4. The number of hydrogen-bond donors (Lipinski definition) is 0. The van der Waals surface area contributed by atoms with Gasteiger partial charge >= 0.3 is 0 Å². The summed E-state index contributed by atoms with van der Waals surface area (Å²) in [5.41, 5.74) is 2.18. The molecule has 0 heterocycles. The van der Waals surface area contributed by atoms with Gasteiger partial charge in [0.1, 0.15) is 0 Å². The largest absolute Gasteiger partial charge is 0.224 e. The first-order chi connectivity index (χ1) is 8.48. The normalized spacial score (nSPS) is 13.2. The maximum absolute atomic E-state index is 11.4. The second-order valence-corrected chi connectivity index (χ2v) is 7.05. The van der Waals surface area contributed by atoms with Crippen molar-refractivity contribution in [1.82, 2.24) is 0 Å². The Bertz CT molecular complexity index is 619. The summed E-state index contributed by atoms with van der Waals surface area (Å²) < 4.78 is 22.7. The third-order valence-corrected chi connectivity index (χ3v) is 4.88. The molecule has 0 saturated carbocycles. The van der Waals surface area contributed by atoms with Gasteiger partial charge in [0, 0.05) is 6.26 Å². The Hall–Kier alpha value is -1.13. The molecule has 0 aliphatic rings. The lowest BCUT2D eigenvalue weighted by Crippen LogP contribution is -1.98. The minimum atomic E-state index is -3.13. The Labute approximate surface area is 116 Å². The highest BCUT2D eigenvalue weighted by Crippen LogP contribution is 2.30. The van der Waals surface area contributed by atoms with Crippen molar-refractivity contribution >= 4 is 25.8 Å². The van der Waals surface area contributed by atoms with E-state index in [4.69, 9.17) is 0 Å². The minimum Gasteiger partial charge on any atom is -0.224 e. The quantitative estimate of drug-likeness (QED) is 0.809. The molecule has 0 saturated heterocycles. The highest BCUT2D eigenvalue weighted by atomic mass is 79.9. The molecule has 0 fully saturated rings. The molecule has 0 N–H and O–H groups in total. The van der Waals surface area contributed by atoms with Gasteiger partial charge in [-0.25, -0.2) is 8.42 Å². The monoisotopic (exact) mass is 324 g/mol. The zero-order chi connectivity index (χ0) is 13.2. The minimum absolute atomic E-state index is 0.0762. The number of alkyl halides is 1. The molecule has 2 aromatic carbocycles. The molecule has 94 valence electrons. The molecule has 2 rings (SSSR count). The van der Waals surface area contributed by atoms with Crippen molar-refractivity contribution in [2.24, 2.45) is 0 Å². The Balaban J connectivity index is 2.31. The van der Waals surface area contributed by atoms with Crippen molar-refractivity contribution in [2.45, 2.75) is 9.72 Å². The Morgan fingerprint density at radius 2 is 1.39 bits per heavy atom. The van der Waals surface area contributed by atoms with E-state index < -0.39 is 9.84 Å². The van der Waals surface area contributed by atoms with Gasteiger partial charge < -0.3 is 0 Å². The summed E-state index contributed by atoms with van der Waals surface area (Å²) >= 11 is 3.62. The topological polar surface area (TPSA) is 34.1 Å². The zero-order valence-corrected chi connectivity index (χ0v) is 12.3. The molecule has 0 aliphatic carbocycles. The van der Waals surface area contributed by atoms with Crippen LogP contribution in [-0.2, 0) is 9.84 Å². The van der Waals surface area contributed by atoms with Crippen LogP contribution in [0.4, 0.5) is 0 Å². The van der Waals surface area contributed by atoms with Crippen LogP contribution >= 0.6 is 15.9 Å². The lowest BCUT2D eigenvalue weighted by molar-refractivity contribution is 0.602. The van der Waals surface area contributed by atoms with E-state index in [0.717, 1.165) is 11.1 Å². The molecule has 2 nitrogen and oxygen atoms in total. The first-order valence-corrected chi connectivity index (χ1v) is 8.28. The van der Waals surface area contributed by atoms with Crippen molar-refractivity contribution in [3.63, 3.8) is 0 Å². The molecule has 0 amide bonds. The van der Waals surface area contributed by atoms with Gasteiger partial charge in [-0.05, 0) is 23.3 Å². The van der Waals surface area contributed by atoms with Crippen LogP contribution < -0.4 is 0 Å². The highest BCUT2D eigenvalue weighted by Gasteiger charge is 2.11. The fourth-order valence-electron chi connectivity index (χ4n) is 1.70. The smallest absolute Gasteiger partial charge is 0.175 e. The highest BCUT2D eigenvalue weighted by molar-refractivity contribution is 9.09. The standard InChI is InChI=1S/C14H13BrO2S/c1-18(16,17)13-9-7-12(8-10-13)14(15)11-5-3-2-4-6-11/h2-10,14H,1H3. The summed E-state index contributed by atoms with van der Waals surface area (Å²) in [7, 11) is -3.13. The molecule has 4 heteroatoms. The van der Waals surface area contributed by atoms with Gasteiger partial charge in [-0.3, -0.25) is 0 Å². The number of hydrogen-bond acceptors (Lipinski definition) is 2. The fourth-order valence-corrected chi connectivity index (χ4v) is 2.94. The van der Waals surface area contributed by atoms with Crippen molar-refractivity contribution in [3.8, 4) is 0 Å². The van der Waals surface area contributed by atoms with Gasteiger partial charge in [0.25, 0.3) is 0 Å². The number of halogens is 1. The number of rotatable bonds is 3. The van der Waals surface area contributed by atoms with E-state index in [2.05, 4.69) is 15.9 Å². The van der Waals surface area contributed by atoms with E-state index >= 15 is 0 Å². The van der Waals surface area contributed by atoms with Crippen LogP contribution in [0.1, 0.15) is 16.0 Å². The van der Waals surface area contributed by atoms with Crippen LogP contribution in [0.15, 0.2) is 59.5 Å². The predicted octanol–water partition coefficient (Wildman–Crippen LogP) is 3.57. The summed E-state index contributed by atoms with van der Waals surface area (Å²) in [5, 5.41) is 0. The van der Waals surface area contributed by atoms with Gasteiger partial charge in [-0.2, -0.15) is 0 Å². The molecule has 0 aliphatic heterocycles. The summed E-state index contributed by atoms with van der Waals surface area (Å²) in [6.45, 7) is 0. The molecule has 18 heavy (non-hydrogen) atoms. The molecular formula is C14H13BrO2S. The predicted molar refractivity (Wildman–Crippen MR) is 76.8 cm³/mol. The van der Waals surface area contributed by atoms with Crippen LogP contribution in [0.3, 0.4) is 0 Å². The lowest BCUT2D eigenvalue weighted by atomic mass is 10.1. The molecule has 1 atom stereocenters. The van der Waals surface area contributed by atoms with Gasteiger partial charge in [0.05, 0.1) is 9.72 Å². The number of sulfone groups is 1. The van der Waals surface area contributed by atoms with Crippen molar-refractivity contribution < 1.29 is 8.42 Å². The third kappa shape index (κ3) is 3.00. The molecule has 2 aromatic rings. The van der Waals surface area contributed by atoms with Crippen LogP contribution in [-0.4, -0.2) is 14.7 Å². The summed E-state index contributed by atoms with van der Waals surface area (Å²) in [6.07, 6.45) is 1.21. The molecule has 0 aromatic heterocycles. The Morgan fingerprint density at radius 3 is 1.89 bits per heavy atom. The summed E-state index contributed by atoms with van der Waals surface area (Å²) in [5.74, 6) is 0. The van der Waals surface area contributed by atoms with Crippen LogP contribution in [0.5, 0.6) is 0 Å². The van der Waals surface area contributed by atoms with E-state index in [1.165, 1.54) is 6.26 Å². The second-order valence-electron chi connectivity index (χ2n) is 4.11. The Morgan fingerprint density at radius 1 is 0.889 bits per heavy atom. The molecule has 0 radical (unpaired) electrons. The van der Waals surface area contributed by atoms with Gasteiger partial charge in [-0.1, -0.05) is 58.4 Å². The van der Waals surface area contributed by atoms with E-state index in [9.17, 15) is 8.42 Å². The molecule has 0 spiro atoms. The van der Waals surface area contributed by atoms with Crippen molar-refractivity contribution in [1.29, 1.82) is 0 Å². The van der Waals surface area contributed by atoms with E-state index in [-0.39, 0.29) is 4.83 Å². The van der Waals surface area contributed by atoms with Gasteiger partial charge in [-0.15, -0.1) is 0 Å². The van der Waals surface area contributed by atoms with Crippen LogP contribution in [0, 0.1) is 0 Å². The average molecular weight is 325 g/mol. The van der Waals surface area contributed by atoms with E-state index in [0.29, 0.717) is 4.90 Å². The average Bonchev–Trinajstić information content (AvgIpc) is 2.38. The second kappa shape index (κ2) is 5.24. The fraction of sp³-hybridized carbons (Fsp3) is 0.143. The Kier molecular flexibility index (Phi) is 3.88. The van der Waals surface area contributed by atoms with Crippen LogP contribution in [0.25, 0.3) is 0 Å². The van der Waals surface area contributed by atoms with E-state index in [1.54, 1.807) is 12.1 Å². The van der Waals surface area contributed by atoms with Crippen molar-refractivity contribution in [2.75, 3.05) is 6.26 Å². The molecular weight excluding hydrogens is 312 g/mol. The van der Waals surface area contributed by atoms with Gasteiger partial charge in [0.2, 0.25) is 0 Å². The number of benzene rings is 2. The SMILES string of the molecule is CS(=O)(=O)c1ccc(C(Br)c2ccccc2)cc1. The zero-order valence-electron chi connectivity index (χ0n) is 9.88. The maximum Gasteiger partial charge on any atom is 0.175 e. The van der Waals surface area contributed by atoms with Crippen LogP contribution in [0.2, 0.25) is 0 Å². The first kappa shape index (κ1) is 13.3. The molecule has 1 unspecified atom stereocenters. The summed E-state index contributed by atoms with van der Waals surface area (Å²) in [6, 6.07) is 16.9. The third-order valence-electron chi connectivity index (χ3n) is 2.69. The van der Waals surface area contributed by atoms with E-state index in [1.807, 2.05) is 42.5 Å². The van der Waals surface area contributed by atoms with Gasteiger partial charge in [0.15, 0.2) is 9.84 Å². The lowest BCUT2D eigenvalue weighted by Gasteiger charge is -2.11. The first-order valence-electron chi connectivity index (χ1n) is 5.47. The van der Waals surface area contributed by atoms with Crippen molar-refractivity contribution in [3.05, 3.63) is 65.7 Å². The molecule has 0 bridgehead atoms. The summed E-state index contributed by atoms with van der Waals surface area (Å²) in [4.78, 5) is 0.423.